The number of hydrogen-bond acceptors (Lipinski definition) is 2. The molecule has 1 aromatic carbocycles. The Hall–Kier alpha value is -1.49. The lowest BCUT2D eigenvalue weighted by Gasteiger charge is -2.22. The Morgan fingerprint density at radius 2 is 1.95 bits per heavy atom. The maximum Gasteiger partial charge on any atom is 0.256 e. The largest absolute Gasteiger partial charge is 0.337 e. The molecule has 5 heteroatoms. The Balaban J connectivity index is 1.64. The minimum absolute atomic E-state index is 0.0351. The Bertz CT molecular complexity index is 531. The van der Waals surface area contributed by atoms with E-state index in [0.29, 0.717) is 13.1 Å². The molecular formula is C16H20F2N2O. The van der Waals surface area contributed by atoms with E-state index in [1.54, 1.807) is 4.90 Å². The Labute approximate surface area is 123 Å². The van der Waals surface area contributed by atoms with Gasteiger partial charge in [0.05, 0.1) is 5.56 Å². The molecule has 3 rings (SSSR count). The van der Waals surface area contributed by atoms with E-state index in [2.05, 4.69) is 4.90 Å². The van der Waals surface area contributed by atoms with E-state index in [4.69, 9.17) is 0 Å². The molecule has 0 unspecified atom stereocenters. The van der Waals surface area contributed by atoms with Crippen LogP contribution < -0.4 is 0 Å². The zero-order valence-electron chi connectivity index (χ0n) is 12.0. The maximum atomic E-state index is 13.7. The quantitative estimate of drug-likeness (QED) is 0.855. The van der Waals surface area contributed by atoms with Gasteiger partial charge in [0.15, 0.2) is 0 Å². The van der Waals surface area contributed by atoms with Crippen molar-refractivity contribution in [2.24, 2.45) is 5.92 Å². The van der Waals surface area contributed by atoms with Crippen molar-refractivity contribution in [3.05, 3.63) is 35.4 Å². The van der Waals surface area contributed by atoms with Crippen molar-refractivity contribution in [3.8, 4) is 0 Å². The summed E-state index contributed by atoms with van der Waals surface area (Å²) >= 11 is 0. The molecule has 0 aromatic heterocycles. The van der Waals surface area contributed by atoms with Crippen molar-refractivity contribution in [2.75, 3.05) is 32.7 Å². The third-order valence-corrected chi connectivity index (χ3v) is 4.25. The molecule has 1 aliphatic heterocycles. The molecule has 114 valence electrons. The van der Waals surface area contributed by atoms with E-state index >= 15 is 0 Å². The highest BCUT2D eigenvalue weighted by atomic mass is 19.1. The first kappa shape index (κ1) is 14.4. The van der Waals surface area contributed by atoms with Crippen molar-refractivity contribution in [1.82, 2.24) is 9.80 Å². The molecule has 1 saturated heterocycles. The van der Waals surface area contributed by atoms with Crippen molar-refractivity contribution >= 4 is 5.91 Å². The maximum absolute atomic E-state index is 13.7. The normalized spacial score (nSPS) is 20.4. The number of rotatable bonds is 3. The zero-order chi connectivity index (χ0) is 14.8. The van der Waals surface area contributed by atoms with Crippen LogP contribution >= 0.6 is 0 Å². The molecule has 1 aliphatic carbocycles. The number of benzene rings is 1. The van der Waals surface area contributed by atoms with Gasteiger partial charge in [-0.3, -0.25) is 4.79 Å². The van der Waals surface area contributed by atoms with Crippen LogP contribution in [0.5, 0.6) is 0 Å². The van der Waals surface area contributed by atoms with Gasteiger partial charge in [-0.2, -0.15) is 0 Å². The van der Waals surface area contributed by atoms with Crippen LogP contribution in [-0.4, -0.2) is 48.4 Å². The van der Waals surface area contributed by atoms with Crippen molar-refractivity contribution < 1.29 is 13.6 Å². The summed E-state index contributed by atoms with van der Waals surface area (Å²) < 4.78 is 26.6. The monoisotopic (exact) mass is 294 g/mol. The van der Waals surface area contributed by atoms with E-state index in [1.807, 2.05) is 0 Å². The van der Waals surface area contributed by atoms with Crippen LogP contribution in [0.15, 0.2) is 18.2 Å². The van der Waals surface area contributed by atoms with E-state index in [9.17, 15) is 13.6 Å². The standard InChI is InChI=1S/C16H20F2N2O/c17-13-4-5-14(15(18)10-13)16(21)20-7-1-6-19(8-9-20)11-12-2-3-12/h4-5,10,12H,1-3,6-9,11H2. The van der Waals surface area contributed by atoms with Gasteiger partial charge in [0.2, 0.25) is 0 Å². The molecule has 1 heterocycles. The average molecular weight is 294 g/mol. The number of halogens is 2. The number of nitrogens with zero attached hydrogens (tertiary/aromatic N) is 2. The van der Waals surface area contributed by atoms with Gasteiger partial charge in [0, 0.05) is 32.2 Å². The molecule has 0 N–H and O–H groups in total. The van der Waals surface area contributed by atoms with Gasteiger partial charge in [-0.15, -0.1) is 0 Å². The number of hydrogen-bond donors (Lipinski definition) is 0. The van der Waals surface area contributed by atoms with E-state index in [1.165, 1.54) is 18.9 Å². The van der Waals surface area contributed by atoms with E-state index in [0.717, 1.165) is 44.1 Å². The molecule has 0 spiro atoms. The predicted molar refractivity (Wildman–Crippen MR) is 76.0 cm³/mol. The van der Waals surface area contributed by atoms with Gasteiger partial charge < -0.3 is 9.80 Å². The number of carbonyl (C=O) groups is 1. The van der Waals surface area contributed by atoms with Gasteiger partial charge in [-0.25, -0.2) is 8.78 Å². The zero-order valence-corrected chi connectivity index (χ0v) is 12.0. The predicted octanol–water partition coefficient (Wildman–Crippen LogP) is 2.52. The van der Waals surface area contributed by atoms with Crippen molar-refractivity contribution in [3.63, 3.8) is 0 Å². The summed E-state index contributed by atoms with van der Waals surface area (Å²) in [7, 11) is 0. The Morgan fingerprint density at radius 1 is 1.14 bits per heavy atom. The van der Waals surface area contributed by atoms with Gasteiger partial charge in [0.1, 0.15) is 11.6 Å². The lowest BCUT2D eigenvalue weighted by atomic mass is 10.1. The molecule has 21 heavy (non-hydrogen) atoms. The van der Waals surface area contributed by atoms with Crippen LogP contribution in [0.2, 0.25) is 0 Å². The molecular weight excluding hydrogens is 274 g/mol. The van der Waals surface area contributed by atoms with Gasteiger partial charge >= 0.3 is 0 Å². The minimum atomic E-state index is -0.779. The smallest absolute Gasteiger partial charge is 0.256 e. The molecule has 2 aliphatic rings. The van der Waals surface area contributed by atoms with Gasteiger partial charge in [0.25, 0.3) is 5.91 Å². The van der Waals surface area contributed by atoms with E-state index < -0.39 is 11.6 Å². The summed E-state index contributed by atoms with van der Waals surface area (Å²) in [6.07, 6.45) is 3.54. The SMILES string of the molecule is O=C(c1ccc(F)cc1F)N1CCCN(CC2CC2)CC1. The molecule has 1 aromatic rings. The third kappa shape index (κ3) is 3.59. The van der Waals surface area contributed by atoms with Crippen LogP contribution in [0, 0.1) is 17.6 Å². The highest BCUT2D eigenvalue weighted by molar-refractivity contribution is 5.94. The summed E-state index contributed by atoms with van der Waals surface area (Å²) in [6.45, 7) is 4.20. The van der Waals surface area contributed by atoms with E-state index in [-0.39, 0.29) is 11.5 Å². The highest BCUT2D eigenvalue weighted by Crippen LogP contribution is 2.30. The van der Waals surface area contributed by atoms with Crippen LogP contribution in [0.1, 0.15) is 29.6 Å². The van der Waals surface area contributed by atoms with Gasteiger partial charge in [-0.05, 0) is 43.9 Å². The van der Waals surface area contributed by atoms with Crippen LogP contribution in [-0.2, 0) is 0 Å². The fourth-order valence-corrected chi connectivity index (χ4v) is 2.86. The average Bonchev–Trinajstić information content (AvgIpc) is 3.26. The summed E-state index contributed by atoms with van der Waals surface area (Å²) in [5.41, 5.74) is -0.0351. The Morgan fingerprint density at radius 3 is 2.67 bits per heavy atom. The van der Waals surface area contributed by atoms with Crippen LogP contribution in [0.4, 0.5) is 8.78 Å². The second-order valence-corrected chi connectivity index (χ2v) is 6.01. The van der Waals surface area contributed by atoms with Crippen LogP contribution in [0.3, 0.4) is 0 Å². The first-order chi connectivity index (χ1) is 10.1. The number of carbonyl (C=O) groups excluding carboxylic acids is 1. The molecule has 0 bridgehead atoms. The summed E-state index contributed by atoms with van der Waals surface area (Å²) in [4.78, 5) is 16.4. The second-order valence-electron chi connectivity index (χ2n) is 6.01. The van der Waals surface area contributed by atoms with Gasteiger partial charge in [-0.1, -0.05) is 0 Å². The summed E-state index contributed by atoms with van der Waals surface area (Å²) in [5, 5.41) is 0. The fourth-order valence-electron chi connectivity index (χ4n) is 2.86. The molecule has 2 fully saturated rings. The molecule has 3 nitrogen and oxygen atoms in total. The number of amides is 1. The first-order valence-corrected chi connectivity index (χ1v) is 7.60. The molecule has 1 saturated carbocycles. The molecule has 1 amide bonds. The first-order valence-electron chi connectivity index (χ1n) is 7.60. The molecule has 0 atom stereocenters. The lowest BCUT2D eigenvalue weighted by molar-refractivity contribution is 0.0756. The Kier molecular flexibility index (Phi) is 4.19. The third-order valence-electron chi connectivity index (χ3n) is 4.25. The second kappa shape index (κ2) is 6.10. The highest BCUT2D eigenvalue weighted by Gasteiger charge is 2.27. The van der Waals surface area contributed by atoms with Crippen LogP contribution in [0.25, 0.3) is 0 Å². The van der Waals surface area contributed by atoms with Crippen molar-refractivity contribution in [1.29, 1.82) is 0 Å². The minimum Gasteiger partial charge on any atom is -0.337 e. The topological polar surface area (TPSA) is 23.6 Å². The molecule has 0 radical (unpaired) electrons. The lowest BCUT2D eigenvalue weighted by Crippen LogP contribution is -2.36. The summed E-state index contributed by atoms with van der Waals surface area (Å²) in [6, 6.07) is 3.14. The van der Waals surface area contributed by atoms with Crippen molar-refractivity contribution in [2.45, 2.75) is 19.3 Å². The fraction of sp³-hybridized carbons (Fsp3) is 0.562. The summed E-state index contributed by atoms with van der Waals surface area (Å²) in [5.74, 6) is -0.933.